The van der Waals surface area contributed by atoms with Crippen molar-refractivity contribution < 1.29 is 13.2 Å². The van der Waals surface area contributed by atoms with Crippen LogP contribution in [0.15, 0.2) is 58.3 Å². The zero-order chi connectivity index (χ0) is 19.3. The number of hydrogen-bond acceptors (Lipinski definition) is 4. The highest BCUT2D eigenvalue weighted by Gasteiger charge is 2.25. The van der Waals surface area contributed by atoms with E-state index in [-0.39, 0.29) is 12.3 Å². The summed E-state index contributed by atoms with van der Waals surface area (Å²) in [6, 6.07) is 14.3. The van der Waals surface area contributed by atoms with Crippen LogP contribution in [-0.4, -0.2) is 38.0 Å². The molecule has 0 bridgehead atoms. The van der Waals surface area contributed by atoms with Gasteiger partial charge in [-0.25, -0.2) is 8.42 Å². The van der Waals surface area contributed by atoms with Crippen molar-refractivity contribution in [3.05, 3.63) is 54.1 Å². The van der Waals surface area contributed by atoms with E-state index in [4.69, 9.17) is 0 Å². The van der Waals surface area contributed by atoms with Gasteiger partial charge in [0, 0.05) is 23.7 Å². The summed E-state index contributed by atoms with van der Waals surface area (Å²) < 4.78 is 26.9. The van der Waals surface area contributed by atoms with Gasteiger partial charge in [-0.15, -0.1) is 11.8 Å². The number of benzene rings is 2. The summed E-state index contributed by atoms with van der Waals surface area (Å²) >= 11 is 1.65. The zero-order valence-corrected chi connectivity index (χ0v) is 17.0. The number of nitrogens with one attached hydrogen (secondary N) is 1. The number of amides is 1. The second kappa shape index (κ2) is 8.91. The van der Waals surface area contributed by atoms with Crippen LogP contribution in [0.5, 0.6) is 0 Å². The zero-order valence-electron chi connectivity index (χ0n) is 15.3. The molecule has 0 aliphatic carbocycles. The molecule has 144 valence electrons. The number of nitrogens with zero attached hydrogens (tertiary/aromatic N) is 1. The molecular weight excluding hydrogens is 380 g/mol. The summed E-state index contributed by atoms with van der Waals surface area (Å²) in [5, 5.41) is 2.86. The third-order valence-corrected chi connectivity index (χ3v) is 7.27. The van der Waals surface area contributed by atoms with Crippen molar-refractivity contribution in [2.24, 2.45) is 0 Å². The van der Waals surface area contributed by atoms with Crippen molar-refractivity contribution in [1.29, 1.82) is 0 Å². The maximum absolute atomic E-state index is 12.7. The minimum Gasteiger partial charge on any atom is -0.326 e. The van der Waals surface area contributed by atoms with Gasteiger partial charge < -0.3 is 5.32 Å². The minimum atomic E-state index is -3.43. The molecule has 0 radical (unpaired) electrons. The summed E-state index contributed by atoms with van der Waals surface area (Å²) in [5.41, 5.74) is 1.54. The van der Waals surface area contributed by atoms with Crippen molar-refractivity contribution in [2.45, 2.75) is 35.5 Å². The Morgan fingerprint density at radius 2 is 1.63 bits per heavy atom. The fourth-order valence-electron chi connectivity index (χ4n) is 3.10. The number of carbonyl (C=O) groups is 1. The van der Waals surface area contributed by atoms with Crippen LogP contribution < -0.4 is 5.32 Å². The molecule has 0 atom stereocenters. The molecular formula is C20H24N2O3S2. The lowest BCUT2D eigenvalue weighted by Crippen LogP contribution is -2.35. The quantitative estimate of drug-likeness (QED) is 0.745. The second-order valence-electron chi connectivity index (χ2n) is 6.56. The fraction of sp³-hybridized carbons (Fsp3) is 0.350. The Kier molecular flexibility index (Phi) is 6.57. The molecule has 2 aromatic carbocycles. The topological polar surface area (TPSA) is 66.5 Å². The first kappa shape index (κ1) is 19.9. The molecule has 1 aliphatic heterocycles. The van der Waals surface area contributed by atoms with E-state index in [9.17, 15) is 13.2 Å². The van der Waals surface area contributed by atoms with Crippen LogP contribution in [0, 0.1) is 0 Å². The summed E-state index contributed by atoms with van der Waals surface area (Å²) in [6.45, 7) is 1.17. The molecule has 1 amide bonds. The number of sulfonamides is 1. The van der Waals surface area contributed by atoms with Crippen LogP contribution >= 0.6 is 11.8 Å². The van der Waals surface area contributed by atoms with E-state index >= 15 is 0 Å². The molecule has 2 aromatic rings. The van der Waals surface area contributed by atoms with E-state index in [1.54, 1.807) is 40.3 Å². The van der Waals surface area contributed by atoms with E-state index in [2.05, 4.69) is 5.32 Å². The molecule has 1 fully saturated rings. The fourth-order valence-corrected chi connectivity index (χ4v) is 5.02. The summed E-state index contributed by atoms with van der Waals surface area (Å²) in [5.74, 6) is -0.126. The molecule has 1 N–H and O–H groups in total. The third-order valence-electron chi connectivity index (χ3n) is 4.61. The first-order chi connectivity index (χ1) is 13.0. The van der Waals surface area contributed by atoms with Crippen molar-refractivity contribution in [1.82, 2.24) is 4.31 Å². The Hall–Kier alpha value is -1.83. The van der Waals surface area contributed by atoms with Crippen LogP contribution in [0.1, 0.15) is 24.8 Å². The molecule has 0 aromatic heterocycles. The second-order valence-corrected chi connectivity index (χ2v) is 9.38. The minimum absolute atomic E-state index is 0.126. The van der Waals surface area contributed by atoms with E-state index < -0.39 is 10.0 Å². The molecule has 27 heavy (non-hydrogen) atoms. The molecule has 1 aliphatic rings. The molecule has 0 saturated carbocycles. The van der Waals surface area contributed by atoms with Crippen molar-refractivity contribution in [3.8, 4) is 0 Å². The Bertz CT molecular complexity index is 872. The van der Waals surface area contributed by atoms with Gasteiger partial charge in [0.2, 0.25) is 15.9 Å². The molecule has 3 rings (SSSR count). The van der Waals surface area contributed by atoms with Crippen LogP contribution in [0.2, 0.25) is 0 Å². The Labute approximate surface area is 165 Å². The maximum Gasteiger partial charge on any atom is 0.243 e. The number of carbonyl (C=O) groups excluding carboxylic acids is 1. The summed E-state index contributed by atoms with van der Waals surface area (Å²) in [6.07, 6.45) is 5.11. The summed E-state index contributed by atoms with van der Waals surface area (Å²) in [4.78, 5) is 13.7. The third kappa shape index (κ3) is 5.12. The lowest BCUT2D eigenvalue weighted by atomic mass is 10.1. The van der Waals surface area contributed by atoms with Crippen molar-refractivity contribution in [3.63, 3.8) is 0 Å². The molecule has 7 heteroatoms. The largest absolute Gasteiger partial charge is 0.326 e. The molecule has 1 heterocycles. The Morgan fingerprint density at radius 1 is 1.00 bits per heavy atom. The Balaban J connectivity index is 1.61. The average molecular weight is 405 g/mol. The Morgan fingerprint density at radius 3 is 2.22 bits per heavy atom. The van der Waals surface area contributed by atoms with E-state index in [0.717, 1.165) is 35.4 Å². The molecule has 1 saturated heterocycles. The number of piperidine rings is 1. The summed E-state index contributed by atoms with van der Waals surface area (Å²) in [7, 11) is -3.43. The number of thioether (sulfide) groups is 1. The number of anilines is 1. The van der Waals surface area contributed by atoms with Crippen molar-refractivity contribution in [2.75, 3.05) is 24.7 Å². The number of rotatable bonds is 6. The highest BCUT2D eigenvalue weighted by Crippen LogP contribution is 2.21. The molecule has 0 unspecified atom stereocenters. The lowest BCUT2D eigenvalue weighted by Gasteiger charge is -2.25. The van der Waals surface area contributed by atoms with E-state index in [0.29, 0.717) is 18.0 Å². The van der Waals surface area contributed by atoms with Gasteiger partial charge in [-0.05, 0) is 61.1 Å². The van der Waals surface area contributed by atoms with Gasteiger partial charge in [0.15, 0.2) is 0 Å². The monoisotopic (exact) mass is 404 g/mol. The van der Waals surface area contributed by atoms with Gasteiger partial charge >= 0.3 is 0 Å². The van der Waals surface area contributed by atoms with Gasteiger partial charge in [0.05, 0.1) is 11.3 Å². The van der Waals surface area contributed by atoms with Crippen molar-refractivity contribution >= 4 is 33.4 Å². The highest BCUT2D eigenvalue weighted by molar-refractivity contribution is 7.98. The molecule has 0 spiro atoms. The van der Waals surface area contributed by atoms with Gasteiger partial charge in [-0.1, -0.05) is 18.6 Å². The van der Waals surface area contributed by atoms with Gasteiger partial charge in [-0.2, -0.15) is 4.31 Å². The highest BCUT2D eigenvalue weighted by atomic mass is 32.2. The van der Waals surface area contributed by atoms with Crippen LogP contribution in [0.3, 0.4) is 0 Å². The first-order valence-corrected chi connectivity index (χ1v) is 11.7. The number of hydrogen-bond donors (Lipinski definition) is 1. The smallest absolute Gasteiger partial charge is 0.243 e. The first-order valence-electron chi connectivity index (χ1n) is 9.02. The lowest BCUT2D eigenvalue weighted by molar-refractivity contribution is -0.115. The van der Waals surface area contributed by atoms with Crippen LogP contribution in [0.25, 0.3) is 0 Å². The normalized spacial score (nSPS) is 15.4. The predicted molar refractivity (Wildman–Crippen MR) is 110 cm³/mol. The standard InChI is InChI=1S/C20H24N2O3S2/c1-26-18-9-7-17(8-10-18)21-20(23)15-16-5-11-19(12-6-16)27(24,25)22-13-3-2-4-14-22/h5-12H,2-4,13-15H2,1H3,(H,21,23). The predicted octanol–water partition coefficient (Wildman–Crippen LogP) is 3.76. The van der Waals surface area contributed by atoms with Gasteiger partial charge in [-0.3, -0.25) is 4.79 Å². The van der Waals surface area contributed by atoms with E-state index in [1.807, 2.05) is 30.5 Å². The van der Waals surface area contributed by atoms with Gasteiger partial charge in [0.25, 0.3) is 0 Å². The SMILES string of the molecule is CSc1ccc(NC(=O)Cc2ccc(S(=O)(=O)N3CCCCC3)cc2)cc1. The van der Waals surface area contributed by atoms with Crippen LogP contribution in [0.4, 0.5) is 5.69 Å². The van der Waals surface area contributed by atoms with E-state index in [1.165, 1.54) is 0 Å². The van der Waals surface area contributed by atoms with Gasteiger partial charge in [0.1, 0.15) is 0 Å². The van der Waals surface area contributed by atoms with Crippen LogP contribution in [-0.2, 0) is 21.2 Å². The molecule has 5 nitrogen and oxygen atoms in total. The maximum atomic E-state index is 12.7. The average Bonchev–Trinajstić information content (AvgIpc) is 2.69.